The van der Waals surface area contributed by atoms with E-state index in [1.165, 1.54) is 11.8 Å². The largest absolute Gasteiger partial charge is 0.392 e. The van der Waals surface area contributed by atoms with E-state index in [0.29, 0.717) is 13.0 Å². The molecule has 0 aliphatic rings. The van der Waals surface area contributed by atoms with Gasteiger partial charge in [0.15, 0.2) is 0 Å². The molecule has 0 spiro atoms. The lowest BCUT2D eigenvalue weighted by Crippen LogP contribution is -2.15. The molecule has 0 atom stereocenters. The summed E-state index contributed by atoms with van der Waals surface area (Å²) < 4.78 is 0. The van der Waals surface area contributed by atoms with Crippen molar-refractivity contribution in [3.05, 3.63) is 70.6 Å². The Labute approximate surface area is 131 Å². The van der Waals surface area contributed by atoms with Gasteiger partial charge in [-0.1, -0.05) is 67.1 Å². The van der Waals surface area contributed by atoms with Crippen LogP contribution in [0.15, 0.2) is 59.5 Å². The summed E-state index contributed by atoms with van der Waals surface area (Å²) >= 11 is 1.52. The Morgan fingerprint density at radius 1 is 1.33 bits per heavy atom. The molecule has 0 saturated carbocycles. The van der Waals surface area contributed by atoms with Gasteiger partial charge in [-0.2, -0.15) is 0 Å². The first-order chi connectivity index (χ1) is 10.2. The van der Waals surface area contributed by atoms with Crippen LogP contribution >= 0.6 is 11.8 Å². The highest BCUT2D eigenvalue weighted by Crippen LogP contribution is 2.13. The lowest BCUT2D eigenvalue weighted by atomic mass is 10.0. The maximum absolute atomic E-state index is 9.29. The molecule has 0 saturated heterocycles. The van der Waals surface area contributed by atoms with Crippen molar-refractivity contribution >= 4 is 11.8 Å². The fourth-order valence-corrected chi connectivity index (χ4v) is 2.10. The smallest absolute Gasteiger partial charge is 0.0767 e. The number of rotatable bonds is 7. The molecule has 0 unspecified atom stereocenters. The van der Waals surface area contributed by atoms with Crippen molar-refractivity contribution in [2.24, 2.45) is 0 Å². The van der Waals surface area contributed by atoms with Crippen molar-refractivity contribution in [3.63, 3.8) is 0 Å². The molecule has 1 aromatic carbocycles. The summed E-state index contributed by atoms with van der Waals surface area (Å²) in [7, 11) is 0. The second kappa shape index (κ2) is 9.93. The van der Waals surface area contributed by atoms with Crippen LogP contribution in [-0.4, -0.2) is 11.7 Å². The predicted molar refractivity (Wildman–Crippen MR) is 92.5 cm³/mol. The SMILES string of the molecule is C=C(Cc1ccccc1CO)NCC#CC(=C)S/C=C\C. The van der Waals surface area contributed by atoms with Crippen molar-refractivity contribution in [2.45, 2.75) is 20.0 Å². The maximum atomic E-state index is 9.29. The van der Waals surface area contributed by atoms with E-state index >= 15 is 0 Å². The number of nitrogens with one attached hydrogen (secondary N) is 1. The van der Waals surface area contributed by atoms with Crippen LogP contribution in [0.3, 0.4) is 0 Å². The molecule has 0 bridgehead atoms. The Hall–Kier alpha value is -1.89. The molecule has 110 valence electrons. The molecule has 2 N–H and O–H groups in total. The molecule has 2 nitrogen and oxygen atoms in total. The van der Waals surface area contributed by atoms with E-state index in [4.69, 9.17) is 0 Å². The van der Waals surface area contributed by atoms with Crippen molar-refractivity contribution in [3.8, 4) is 11.8 Å². The monoisotopic (exact) mass is 299 g/mol. The van der Waals surface area contributed by atoms with E-state index in [1.807, 2.05) is 42.7 Å². The van der Waals surface area contributed by atoms with Gasteiger partial charge in [-0.15, -0.1) is 0 Å². The number of hydrogen-bond acceptors (Lipinski definition) is 3. The van der Waals surface area contributed by atoms with Gasteiger partial charge in [-0.25, -0.2) is 0 Å². The number of thioether (sulfide) groups is 1. The zero-order valence-electron chi connectivity index (χ0n) is 12.4. The third kappa shape index (κ3) is 6.89. The van der Waals surface area contributed by atoms with Gasteiger partial charge in [0, 0.05) is 12.1 Å². The molecule has 3 heteroatoms. The van der Waals surface area contributed by atoms with Crippen LogP contribution in [0.5, 0.6) is 0 Å². The molecule has 0 radical (unpaired) electrons. The van der Waals surface area contributed by atoms with Crippen LogP contribution in [0.1, 0.15) is 18.1 Å². The Morgan fingerprint density at radius 3 is 2.71 bits per heavy atom. The van der Waals surface area contributed by atoms with E-state index < -0.39 is 0 Å². The van der Waals surface area contributed by atoms with Gasteiger partial charge in [0.2, 0.25) is 0 Å². The molecule has 0 amide bonds. The summed E-state index contributed by atoms with van der Waals surface area (Å²) in [5, 5.41) is 14.4. The minimum Gasteiger partial charge on any atom is -0.392 e. The lowest BCUT2D eigenvalue weighted by Gasteiger charge is -2.10. The molecule has 21 heavy (non-hydrogen) atoms. The van der Waals surface area contributed by atoms with E-state index in [9.17, 15) is 5.11 Å². The standard InChI is InChI=1S/C18H21NOS/c1-4-12-21-16(3)8-7-11-19-15(2)13-17-9-5-6-10-18(17)14-20/h4-6,9-10,12,19-20H,2-3,11,13-14H2,1H3/b12-4-. The van der Waals surface area contributed by atoms with Crippen molar-refractivity contribution in [1.82, 2.24) is 5.32 Å². The van der Waals surface area contributed by atoms with E-state index in [2.05, 4.69) is 30.3 Å². The normalized spacial score (nSPS) is 10.0. The van der Waals surface area contributed by atoms with Gasteiger partial charge in [-0.3, -0.25) is 0 Å². The van der Waals surface area contributed by atoms with Crippen LogP contribution in [-0.2, 0) is 13.0 Å². The van der Waals surface area contributed by atoms with Crippen LogP contribution in [0.4, 0.5) is 0 Å². The Balaban J connectivity index is 2.41. The maximum Gasteiger partial charge on any atom is 0.0767 e. The van der Waals surface area contributed by atoms with Crippen LogP contribution in [0.25, 0.3) is 0 Å². The van der Waals surface area contributed by atoms with Gasteiger partial charge < -0.3 is 10.4 Å². The van der Waals surface area contributed by atoms with Crippen LogP contribution < -0.4 is 5.32 Å². The summed E-state index contributed by atoms with van der Waals surface area (Å²) in [5.74, 6) is 6.00. The molecule has 0 heterocycles. The lowest BCUT2D eigenvalue weighted by molar-refractivity contribution is 0.280. The molecule has 1 aromatic rings. The van der Waals surface area contributed by atoms with Gasteiger partial charge in [0.05, 0.1) is 18.1 Å². The fraction of sp³-hybridized carbons (Fsp3) is 0.222. The molecule has 0 aromatic heterocycles. The van der Waals surface area contributed by atoms with Gasteiger partial charge in [0.25, 0.3) is 0 Å². The van der Waals surface area contributed by atoms with E-state index in [1.54, 1.807) is 0 Å². The molecular formula is C18H21NOS. The van der Waals surface area contributed by atoms with Gasteiger partial charge in [-0.05, 0) is 23.5 Å². The van der Waals surface area contributed by atoms with Gasteiger partial charge in [0.1, 0.15) is 0 Å². The highest BCUT2D eigenvalue weighted by atomic mass is 32.2. The van der Waals surface area contributed by atoms with Crippen molar-refractivity contribution < 1.29 is 5.11 Å². The Kier molecular flexibility index (Phi) is 8.11. The summed E-state index contributed by atoms with van der Waals surface area (Å²) in [6.07, 6.45) is 2.64. The van der Waals surface area contributed by atoms with Crippen LogP contribution in [0, 0.1) is 11.8 Å². The quantitative estimate of drug-likeness (QED) is 0.754. The van der Waals surface area contributed by atoms with E-state index in [-0.39, 0.29) is 6.61 Å². The Bertz CT molecular complexity index is 578. The zero-order chi connectivity index (χ0) is 15.5. The number of hydrogen-bond donors (Lipinski definition) is 2. The van der Waals surface area contributed by atoms with Crippen LogP contribution in [0.2, 0.25) is 0 Å². The molecular weight excluding hydrogens is 278 g/mol. The highest BCUT2D eigenvalue weighted by molar-refractivity contribution is 8.06. The molecule has 0 aliphatic carbocycles. The number of aliphatic hydroxyl groups excluding tert-OH is 1. The Morgan fingerprint density at radius 2 is 2.05 bits per heavy atom. The van der Waals surface area contributed by atoms with Crippen molar-refractivity contribution in [2.75, 3.05) is 6.54 Å². The molecule has 0 aliphatic heterocycles. The van der Waals surface area contributed by atoms with Gasteiger partial charge >= 0.3 is 0 Å². The third-order valence-electron chi connectivity index (χ3n) is 2.69. The average Bonchev–Trinajstić information content (AvgIpc) is 2.50. The topological polar surface area (TPSA) is 32.3 Å². The minimum atomic E-state index is 0.0469. The molecule has 0 fully saturated rings. The summed E-state index contributed by atoms with van der Waals surface area (Å²) in [5.41, 5.74) is 2.90. The molecule has 1 rings (SSSR count). The second-order valence-electron chi connectivity index (χ2n) is 4.37. The average molecular weight is 299 g/mol. The first kappa shape index (κ1) is 17.2. The first-order valence-corrected chi connectivity index (χ1v) is 7.60. The minimum absolute atomic E-state index is 0.0469. The number of aliphatic hydroxyl groups is 1. The summed E-state index contributed by atoms with van der Waals surface area (Å²) in [6, 6.07) is 7.80. The second-order valence-corrected chi connectivity index (χ2v) is 5.37. The number of allylic oxidation sites excluding steroid dienone is 3. The third-order valence-corrected chi connectivity index (χ3v) is 3.49. The zero-order valence-corrected chi connectivity index (χ0v) is 13.2. The number of benzene rings is 1. The predicted octanol–water partition coefficient (Wildman–Crippen LogP) is 3.61. The van der Waals surface area contributed by atoms with E-state index in [0.717, 1.165) is 21.7 Å². The first-order valence-electron chi connectivity index (χ1n) is 6.72. The van der Waals surface area contributed by atoms with Crippen molar-refractivity contribution in [1.29, 1.82) is 0 Å². The summed E-state index contributed by atoms with van der Waals surface area (Å²) in [4.78, 5) is 0.825. The highest BCUT2D eigenvalue weighted by Gasteiger charge is 2.01. The fourth-order valence-electron chi connectivity index (χ4n) is 1.67. The summed E-state index contributed by atoms with van der Waals surface area (Å²) in [6.45, 7) is 10.4.